The topological polar surface area (TPSA) is 120 Å². The van der Waals surface area contributed by atoms with Crippen LogP contribution in [0.4, 0.5) is 5.13 Å². The van der Waals surface area contributed by atoms with Crippen molar-refractivity contribution in [1.29, 1.82) is 5.41 Å². The molecule has 0 bridgehead atoms. The van der Waals surface area contributed by atoms with Crippen molar-refractivity contribution in [3.05, 3.63) is 75.2 Å². The Balaban J connectivity index is 1.42. The second kappa shape index (κ2) is 11.3. The van der Waals surface area contributed by atoms with E-state index in [4.69, 9.17) is 28.6 Å². The predicted molar refractivity (Wildman–Crippen MR) is 145 cm³/mol. The third-order valence-corrected chi connectivity index (χ3v) is 9.10. The number of nitrogens with zero attached hydrogens (tertiary/aromatic N) is 2. The summed E-state index contributed by atoms with van der Waals surface area (Å²) in [6.45, 7) is 2.10. The van der Waals surface area contributed by atoms with Gasteiger partial charge in [0.1, 0.15) is 11.7 Å². The van der Waals surface area contributed by atoms with Crippen molar-refractivity contribution in [1.82, 2.24) is 9.88 Å². The molecule has 0 aliphatic carbocycles. The smallest absolute Gasteiger partial charge is 0.263 e. The molecule has 2 N–H and O–H groups in total. The molecule has 0 saturated carbocycles. The lowest BCUT2D eigenvalue weighted by molar-refractivity contribution is -0.138. The standard InChI is InChI=1S/C25H24Cl2N4O4S2/c1-15(32)21(23(28)22-19(26)3-2-4-20(22)27)24(33)31-12-9-17(10-13-31)16-5-7-18(8-6-16)37(34,35)30-25-29-11-14-36-25/h2-8,11,14,17,21,28H,9-10,12-13H2,1H3,(H,29,30). The summed E-state index contributed by atoms with van der Waals surface area (Å²) in [7, 11) is -3.73. The Labute approximate surface area is 229 Å². The lowest BCUT2D eigenvalue weighted by atomic mass is 9.87. The van der Waals surface area contributed by atoms with Crippen LogP contribution in [0.2, 0.25) is 10.0 Å². The number of ketones is 1. The van der Waals surface area contributed by atoms with Crippen molar-refractivity contribution >= 4 is 67.1 Å². The quantitative estimate of drug-likeness (QED) is 0.280. The van der Waals surface area contributed by atoms with Gasteiger partial charge in [-0.3, -0.25) is 14.3 Å². The Bertz CT molecular complexity index is 1400. The molecule has 8 nitrogen and oxygen atoms in total. The van der Waals surface area contributed by atoms with E-state index in [1.165, 1.54) is 24.5 Å². The molecule has 1 aliphatic heterocycles. The molecule has 0 radical (unpaired) electrons. The molecular weight excluding hydrogens is 555 g/mol. The maximum Gasteiger partial charge on any atom is 0.263 e. The minimum absolute atomic E-state index is 0.126. The molecule has 2 aromatic carbocycles. The van der Waals surface area contributed by atoms with Gasteiger partial charge in [-0.15, -0.1) is 11.3 Å². The van der Waals surface area contributed by atoms with Crippen LogP contribution in [-0.2, 0) is 19.6 Å². The summed E-state index contributed by atoms with van der Waals surface area (Å²) < 4.78 is 27.6. The number of aromatic nitrogens is 1. The molecule has 1 fully saturated rings. The number of piperidine rings is 1. The first-order chi connectivity index (χ1) is 17.6. The average molecular weight is 580 g/mol. The highest BCUT2D eigenvalue weighted by atomic mass is 35.5. The van der Waals surface area contributed by atoms with Crippen LogP contribution in [-0.4, -0.2) is 48.8 Å². The number of anilines is 1. The largest absolute Gasteiger partial charge is 0.342 e. The number of amides is 1. The fourth-order valence-corrected chi connectivity index (χ4v) is 6.77. The number of hydrogen-bond acceptors (Lipinski definition) is 7. The van der Waals surface area contributed by atoms with Gasteiger partial charge in [-0.2, -0.15) is 0 Å². The fourth-order valence-electron chi connectivity index (χ4n) is 4.38. The van der Waals surface area contributed by atoms with Crippen molar-refractivity contribution in [2.24, 2.45) is 5.92 Å². The number of likely N-dealkylation sites (tertiary alicyclic amines) is 1. The zero-order valence-corrected chi connectivity index (χ0v) is 22.9. The van der Waals surface area contributed by atoms with Gasteiger partial charge in [0.25, 0.3) is 10.0 Å². The van der Waals surface area contributed by atoms with E-state index < -0.39 is 27.6 Å². The summed E-state index contributed by atoms with van der Waals surface area (Å²) in [5.74, 6) is -2.05. The Kier molecular flexibility index (Phi) is 8.33. The van der Waals surface area contributed by atoms with Crippen LogP contribution in [0.5, 0.6) is 0 Å². The molecule has 1 amide bonds. The number of rotatable bonds is 8. The van der Waals surface area contributed by atoms with Gasteiger partial charge < -0.3 is 10.3 Å². The molecule has 0 spiro atoms. The summed E-state index contributed by atoms with van der Waals surface area (Å²) in [5, 5.41) is 11.0. The first-order valence-electron chi connectivity index (χ1n) is 11.4. The number of hydrogen-bond donors (Lipinski definition) is 2. The Morgan fingerprint density at radius 1 is 1.11 bits per heavy atom. The zero-order chi connectivity index (χ0) is 26.7. The molecule has 3 aromatic rings. The maximum absolute atomic E-state index is 13.3. The number of nitrogens with one attached hydrogen (secondary N) is 2. The van der Waals surface area contributed by atoms with E-state index in [0.717, 1.165) is 5.56 Å². The third kappa shape index (κ3) is 6.04. The van der Waals surface area contributed by atoms with Gasteiger partial charge >= 0.3 is 0 Å². The second-order valence-corrected chi connectivity index (χ2v) is 12.1. The number of sulfonamides is 1. The van der Waals surface area contributed by atoms with E-state index in [1.54, 1.807) is 52.7 Å². The number of carbonyl (C=O) groups is 2. The minimum Gasteiger partial charge on any atom is -0.342 e. The van der Waals surface area contributed by atoms with E-state index in [0.29, 0.717) is 31.1 Å². The van der Waals surface area contributed by atoms with Gasteiger partial charge in [-0.1, -0.05) is 41.4 Å². The van der Waals surface area contributed by atoms with E-state index in [9.17, 15) is 18.0 Å². The molecule has 194 valence electrons. The SMILES string of the molecule is CC(=O)C(C(=N)c1c(Cl)cccc1Cl)C(=O)N1CCC(c2ccc(S(=O)(=O)Nc3nccs3)cc2)CC1. The van der Waals surface area contributed by atoms with E-state index in [2.05, 4.69) is 9.71 Å². The molecule has 2 heterocycles. The van der Waals surface area contributed by atoms with Gasteiger partial charge in [0.2, 0.25) is 5.91 Å². The highest BCUT2D eigenvalue weighted by Gasteiger charge is 2.36. The summed E-state index contributed by atoms with van der Waals surface area (Å²) in [5.41, 5.74) is 0.950. The van der Waals surface area contributed by atoms with E-state index >= 15 is 0 Å². The Morgan fingerprint density at radius 3 is 2.27 bits per heavy atom. The lowest BCUT2D eigenvalue weighted by Gasteiger charge is -2.34. The molecule has 4 rings (SSSR count). The highest BCUT2D eigenvalue weighted by molar-refractivity contribution is 7.93. The van der Waals surface area contributed by atoms with Crippen molar-refractivity contribution in [2.45, 2.75) is 30.6 Å². The van der Waals surface area contributed by atoms with Crippen LogP contribution in [0.1, 0.15) is 36.8 Å². The summed E-state index contributed by atoms with van der Waals surface area (Å²) in [6.07, 6.45) is 2.80. The summed E-state index contributed by atoms with van der Waals surface area (Å²) >= 11 is 13.6. The number of carbonyl (C=O) groups excluding carboxylic acids is 2. The van der Waals surface area contributed by atoms with Crippen LogP contribution in [0.25, 0.3) is 0 Å². The molecule has 1 unspecified atom stereocenters. The van der Waals surface area contributed by atoms with Crippen molar-refractivity contribution in [2.75, 3.05) is 17.8 Å². The Hall–Kier alpha value is -2.79. The monoisotopic (exact) mass is 578 g/mol. The van der Waals surface area contributed by atoms with Crippen LogP contribution < -0.4 is 4.72 Å². The molecule has 1 atom stereocenters. The van der Waals surface area contributed by atoms with Crippen molar-refractivity contribution < 1.29 is 18.0 Å². The number of benzene rings is 2. The van der Waals surface area contributed by atoms with E-state index in [-0.39, 0.29) is 32.1 Å². The van der Waals surface area contributed by atoms with Crippen LogP contribution in [0, 0.1) is 11.3 Å². The normalized spacial score (nSPS) is 15.3. The van der Waals surface area contributed by atoms with Crippen LogP contribution >= 0.6 is 34.5 Å². The number of Topliss-reactive ketones (excluding diaryl/α,β-unsaturated/α-hetero) is 1. The first kappa shape index (κ1) is 27.3. The van der Waals surface area contributed by atoms with Gasteiger partial charge in [-0.25, -0.2) is 13.4 Å². The van der Waals surface area contributed by atoms with E-state index in [1.807, 2.05) is 0 Å². The molecule has 1 saturated heterocycles. The lowest BCUT2D eigenvalue weighted by Crippen LogP contribution is -2.46. The number of thiazole rings is 1. The average Bonchev–Trinajstić information content (AvgIpc) is 3.36. The summed E-state index contributed by atoms with van der Waals surface area (Å²) in [6, 6.07) is 11.5. The van der Waals surface area contributed by atoms with Gasteiger partial charge in [0.15, 0.2) is 5.13 Å². The molecule has 1 aromatic heterocycles. The molecular formula is C25H24Cl2N4O4S2. The van der Waals surface area contributed by atoms with Crippen LogP contribution in [0.3, 0.4) is 0 Å². The number of halogens is 2. The summed E-state index contributed by atoms with van der Waals surface area (Å²) in [4.78, 5) is 31.4. The van der Waals surface area contributed by atoms with Gasteiger partial charge in [-0.05, 0) is 55.5 Å². The maximum atomic E-state index is 13.3. The van der Waals surface area contributed by atoms with Crippen molar-refractivity contribution in [3.63, 3.8) is 0 Å². The van der Waals surface area contributed by atoms with Crippen molar-refractivity contribution in [3.8, 4) is 0 Å². The second-order valence-electron chi connectivity index (χ2n) is 8.67. The zero-order valence-electron chi connectivity index (χ0n) is 19.8. The molecule has 37 heavy (non-hydrogen) atoms. The first-order valence-corrected chi connectivity index (χ1v) is 14.5. The fraction of sp³-hybridized carbons (Fsp3) is 0.280. The highest BCUT2D eigenvalue weighted by Crippen LogP contribution is 2.32. The minimum atomic E-state index is -3.73. The third-order valence-electron chi connectivity index (χ3n) is 6.30. The van der Waals surface area contributed by atoms with Crippen LogP contribution in [0.15, 0.2) is 58.9 Å². The molecule has 1 aliphatic rings. The van der Waals surface area contributed by atoms with Gasteiger partial charge in [0, 0.05) is 30.2 Å². The Morgan fingerprint density at radius 2 is 1.73 bits per heavy atom. The van der Waals surface area contributed by atoms with Gasteiger partial charge in [0.05, 0.1) is 20.7 Å². The molecule has 12 heteroatoms. The predicted octanol–water partition coefficient (Wildman–Crippen LogP) is 5.23.